The van der Waals surface area contributed by atoms with Gasteiger partial charge in [0, 0.05) is 17.6 Å². The standard InChI is InChI=1S/C14H17ClN4O.ClH/c15-9-3-4-12-11(6-9)14(20)18-13(17-12)8-19-5-1-2-10(19)7-16;/h3-4,6,10H,1-2,5,7-8,16H2,(H,17,18,20);1H. The van der Waals surface area contributed by atoms with Gasteiger partial charge in [-0.05, 0) is 37.6 Å². The third kappa shape index (κ3) is 3.37. The highest BCUT2D eigenvalue weighted by Gasteiger charge is 2.23. The summed E-state index contributed by atoms with van der Waals surface area (Å²) in [7, 11) is 0. The maximum atomic E-state index is 12.1. The van der Waals surface area contributed by atoms with E-state index in [0.717, 1.165) is 19.4 Å². The normalized spacial score (nSPS) is 18.9. The Morgan fingerprint density at radius 1 is 1.48 bits per heavy atom. The fourth-order valence-corrected chi connectivity index (χ4v) is 2.97. The maximum Gasteiger partial charge on any atom is 0.258 e. The first kappa shape index (κ1) is 16.2. The van der Waals surface area contributed by atoms with Gasteiger partial charge in [-0.25, -0.2) is 4.98 Å². The number of fused-ring (bicyclic) bond motifs is 1. The van der Waals surface area contributed by atoms with E-state index in [2.05, 4.69) is 14.9 Å². The SMILES string of the molecule is Cl.NCC1CCCN1Cc1nc2ccc(Cl)cc2c(=O)[nH]1. The van der Waals surface area contributed by atoms with E-state index in [1.807, 2.05) is 0 Å². The van der Waals surface area contributed by atoms with Crippen molar-refractivity contribution in [1.29, 1.82) is 0 Å². The first-order chi connectivity index (χ1) is 9.67. The molecule has 1 unspecified atom stereocenters. The fourth-order valence-electron chi connectivity index (χ4n) is 2.80. The van der Waals surface area contributed by atoms with Crippen molar-refractivity contribution in [2.45, 2.75) is 25.4 Å². The van der Waals surface area contributed by atoms with Crippen molar-refractivity contribution in [3.63, 3.8) is 0 Å². The minimum Gasteiger partial charge on any atom is -0.329 e. The summed E-state index contributed by atoms with van der Waals surface area (Å²) in [6, 6.07) is 5.56. The number of nitrogens with zero attached hydrogens (tertiary/aromatic N) is 2. The average Bonchev–Trinajstić information content (AvgIpc) is 2.87. The van der Waals surface area contributed by atoms with Crippen LogP contribution in [0.5, 0.6) is 0 Å². The lowest BCUT2D eigenvalue weighted by atomic mass is 10.2. The number of halogens is 2. The molecule has 2 heterocycles. The van der Waals surface area contributed by atoms with E-state index in [4.69, 9.17) is 17.3 Å². The van der Waals surface area contributed by atoms with E-state index < -0.39 is 0 Å². The lowest BCUT2D eigenvalue weighted by molar-refractivity contribution is 0.244. The van der Waals surface area contributed by atoms with Gasteiger partial charge in [0.25, 0.3) is 5.56 Å². The monoisotopic (exact) mass is 328 g/mol. The van der Waals surface area contributed by atoms with Crippen LogP contribution in [0.15, 0.2) is 23.0 Å². The molecule has 0 spiro atoms. The van der Waals surface area contributed by atoms with Crippen LogP contribution in [-0.4, -0.2) is 34.0 Å². The smallest absolute Gasteiger partial charge is 0.258 e. The van der Waals surface area contributed by atoms with Gasteiger partial charge in [0.1, 0.15) is 5.82 Å². The van der Waals surface area contributed by atoms with Gasteiger partial charge in [0.15, 0.2) is 0 Å². The number of H-pyrrole nitrogens is 1. The number of hydrogen-bond acceptors (Lipinski definition) is 4. The molecule has 1 aliphatic heterocycles. The van der Waals surface area contributed by atoms with Crippen molar-refractivity contribution in [3.8, 4) is 0 Å². The molecule has 0 amide bonds. The second-order valence-electron chi connectivity index (χ2n) is 5.18. The van der Waals surface area contributed by atoms with E-state index >= 15 is 0 Å². The Morgan fingerprint density at radius 2 is 2.29 bits per heavy atom. The van der Waals surface area contributed by atoms with Crippen LogP contribution in [0.2, 0.25) is 5.02 Å². The molecule has 21 heavy (non-hydrogen) atoms. The molecule has 0 radical (unpaired) electrons. The minimum absolute atomic E-state index is 0. The molecule has 0 bridgehead atoms. The predicted octanol–water partition coefficient (Wildman–Crippen LogP) is 1.92. The van der Waals surface area contributed by atoms with Crippen LogP contribution in [0.3, 0.4) is 0 Å². The summed E-state index contributed by atoms with van der Waals surface area (Å²) in [6.07, 6.45) is 2.26. The zero-order valence-corrected chi connectivity index (χ0v) is 13.1. The molecule has 3 N–H and O–H groups in total. The van der Waals surface area contributed by atoms with Gasteiger partial charge in [-0.2, -0.15) is 0 Å². The van der Waals surface area contributed by atoms with E-state index in [0.29, 0.717) is 40.9 Å². The van der Waals surface area contributed by atoms with Crippen molar-refractivity contribution >= 4 is 34.9 Å². The molecule has 7 heteroatoms. The molecule has 1 fully saturated rings. The molecule has 2 aromatic rings. The number of aromatic amines is 1. The van der Waals surface area contributed by atoms with E-state index in [-0.39, 0.29) is 18.0 Å². The fraction of sp³-hybridized carbons (Fsp3) is 0.429. The van der Waals surface area contributed by atoms with Crippen LogP contribution in [0.4, 0.5) is 0 Å². The second kappa shape index (κ2) is 6.75. The van der Waals surface area contributed by atoms with E-state index in [9.17, 15) is 4.79 Å². The molecule has 1 saturated heterocycles. The number of benzene rings is 1. The molecule has 0 saturated carbocycles. The highest BCUT2D eigenvalue weighted by Crippen LogP contribution is 2.19. The molecule has 0 aliphatic carbocycles. The van der Waals surface area contributed by atoms with Gasteiger partial charge in [-0.3, -0.25) is 9.69 Å². The van der Waals surface area contributed by atoms with Gasteiger partial charge in [-0.1, -0.05) is 11.6 Å². The Balaban J connectivity index is 0.00000161. The van der Waals surface area contributed by atoms with Gasteiger partial charge in [-0.15, -0.1) is 12.4 Å². The maximum absolute atomic E-state index is 12.1. The van der Waals surface area contributed by atoms with Crippen LogP contribution in [0.25, 0.3) is 10.9 Å². The molecule has 5 nitrogen and oxygen atoms in total. The molecule has 1 atom stereocenters. The van der Waals surface area contributed by atoms with Crippen LogP contribution < -0.4 is 11.3 Å². The number of rotatable bonds is 3. The van der Waals surface area contributed by atoms with Gasteiger partial charge >= 0.3 is 0 Å². The number of aromatic nitrogens is 2. The Bertz CT molecular complexity index is 688. The average molecular weight is 329 g/mol. The largest absolute Gasteiger partial charge is 0.329 e. The second-order valence-corrected chi connectivity index (χ2v) is 5.61. The zero-order valence-electron chi connectivity index (χ0n) is 11.5. The molecule has 1 aliphatic rings. The molecular weight excluding hydrogens is 311 g/mol. The number of likely N-dealkylation sites (tertiary alicyclic amines) is 1. The third-order valence-corrected chi connectivity index (χ3v) is 4.08. The highest BCUT2D eigenvalue weighted by molar-refractivity contribution is 6.31. The van der Waals surface area contributed by atoms with Gasteiger partial charge in [0.2, 0.25) is 0 Å². The summed E-state index contributed by atoms with van der Waals surface area (Å²) in [5.41, 5.74) is 6.30. The van der Waals surface area contributed by atoms with Crippen molar-refractivity contribution in [1.82, 2.24) is 14.9 Å². The van der Waals surface area contributed by atoms with Crippen molar-refractivity contribution < 1.29 is 0 Å². The quantitative estimate of drug-likeness (QED) is 0.902. The topological polar surface area (TPSA) is 75.0 Å². The van der Waals surface area contributed by atoms with Crippen LogP contribution in [0.1, 0.15) is 18.7 Å². The predicted molar refractivity (Wildman–Crippen MR) is 87.1 cm³/mol. The van der Waals surface area contributed by atoms with E-state index in [1.54, 1.807) is 18.2 Å². The van der Waals surface area contributed by atoms with Crippen LogP contribution in [0, 0.1) is 0 Å². The number of nitrogens with two attached hydrogens (primary N) is 1. The summed E-state index contributed by atoms with van der Waals surface area (Å²) in [4.78, 5) is 21.7. The molecule has 1 aromatic heterocycles. The Kier molecular flexibility index (Phi) is 5.22. The molecule has 3 rings (SSSR count). The first-order valence-electron chi connectivity index (χ1n) is 6.80. The highest BCUT2D eigenvalue weighted by atomic mass is 35.5. The van der Waals surface area contributed by atoms with Gasteiger partial charge in [0.05, 0.1) is 17.4 Å². The summed E-state index contributed by atoms with van der Waals surface area (Å²) in [5, 5.41) is 1.07. The zero-order chi connectivity index (χ0) is 14.1. The van der Waals surface area contributed by atoms with E-state index in [1.165, 1.54) is 0 Å². The van der Waals surface area contributed by atoms with Crippen LogP contribution >= 0.6 is 24.0 Å². The summed E-state index contributed by atoms with van der Waals surface area (Å²) in [5.74, 6) is 0.685. The van der Waals surface area contributed by atoms with Gasteiger partial charge < -0.3 is 10.7 Å². The van der Waals surface area contributed by atoms with Crippen molar-refractivity contribution in [2.75, 3.05) is 13.1 Å². The minimum atomic E-state index is -0.143. The first-order valence-corrected chi connectivity index (χ1v) is 7.18. The van der Waals surface area contributed by atoms with Crippen LogP contribution in [-0.2, 0) is 6.54 Å². The molecule has 114 valence electrons. The Morgan fingerprint density at radius 3 is 3.05 bits per heavy atom. The Labute approximate surface area is 133 Å². The lowest BCUT2D eigenvalue weighted by Crippen LogP contribution is -2.35. The number of hydrogen-bond donors (Lipinski definition) is 2. The third-order valence-electron chi connectivity index (χ3n) is 3.84. The number of nitrogens with one attached hydrogen (secondary N) is 1. The summed E-state index contributed by atoms with van der Waals surface area (Å²) >= 11 is 5.90. The summed E-state index contributed by atoms with van der Waals surface area (Å²) in [6.45, 7) is 2.29. The summed E-state index contributed by atoms with van der Waals surface area (Å²) < 4.78 is 0. The van der Waals surface area contributed by atoms with Crippen molar-refractivity contribution in [2.24, 2.45) is 5.73 Å². The van der Waals surface area contributed by atoms with Crippen molar-refractivity contribution in [3.05, 3.63) is 39.4 Å². The lowest BCUT2D eigenvalue weighted by Gasteiger charge is -2.22. The Hall–Kier alpha value is -1.14. The molecular formula is C14H18Cl2N4O. The molecule has 1 aromatic carbocycles.